The number of para-hydroxylation sites is 1. The Labute approximate surface area is 228 Å². The SMILES string of the molecule is CC(C)CCC(N=N)c1cc(=O)c2cccc(NC(=O)c3ccc(OCCCCc4ccccc4)cc3)c2o1. The lowest BCUT2D eigenvalue weighted by Gasteiger charge is -2.14. The fourth-order valence-electron chi connectivity index (χ4n) is 4.38. The molecule has 1 heterocycles. The smallest absolute Gasteiger partial charge is 0.255 e. The maximum absolute atomic E-state index is 13.0. The van der Waals surface area contributed by atoms with Gasteiger partial charge in [0.25, 0.3) is 5.91 Å². The van der Waals surface area contributed by atoms with E-state index in [1.54, 1.807) is 42.5 Å². The van der Waals surface area contributed by atoms with Crippen molar-refractivity contribution < 1.29 is 13.9 Å². The largest absolute Gasteiger partial charge is 0.494 e. The monoisotopic (exact) mass is 525 g/mol. The molecule has 4 rings (SSSR count). The molecule has 1 aromatic heterocycles. The van der Waals surface area contributed by atoms with Crippen molar-refractivity contribution in [3.63, 3.8) is 0 Å². The summed E-state index contributed by atoms with van der Waals surface area (Å²) in [5.41, 5.74) is 9.82. The van der Waals surface area contributed by atoms with Crippen LogP contribution >= 0.6 is 0 Å². The minimum absolute atomic E-state index is 0.231. The van der Waals surface area contributed by atoms with Gasteiger partial charge in [-0.25, -0.2) is 5.53 Å². The Kier molecular flexibility index (Phi) is 9.62. The van der Waals surface area contributed by atoms with Crippen molar-refractivity contribution in [3.8, 4) is 5.75 Å². The Balaban J connectivity index is 1.39. The average molecular weight is 526 g/mol. The van der Waals surface area contributed by atoms with Crippen LogP contribution in [0.5, 0.6) is 5.75 Å². The van der Waals surface area contributed by atoms with E-state index in [1.165, 1.54) is 11.6 Å². The van der Waals surface area contributed by atoms with E-state index >= 15 is 0 Å². The molecule has 1 atom stereocenters. The van der Waals surface area contributed by atoms with Crippen LogP contribution < -0.4 is 15.5 Å². The number of nitrogens with one attached hydrogen (secondary N) is 2. The maximum atomic E-state index is 13.0. The van der Waals surface area contributed by atoms with Gasteiger partial charge in [-0.05, 0) is 80.0 Å². The molecular formula is C32H35N3O4. The van der Waals surface area contributed by atoms with Crippen LogP contribution in [0.15, 0.2) is 93.2 Å². The van der Waals surface area contributed by atoms with Crippen LogP contribution in [0.3, 0.4) is 0 Å². The van der Waals surface area contributed by atoms with E-state index < -0.39 is 6.04 Å². The Bertz CT molecular complexity index is 1450. The van der Waals surface area contributed by atoms with Crippen LogP contribution in [0.25, 0.3) is 11.0 Å². The highest BCUT2D eigenvalue weighted by Gasteiger charge is 2.18. The lowest BCUT2D eigenvalue weighted by atomic mass is 10.0. The van der Waals surface area contributed by atoms with Gasteiger partial charge in [0.05, 0.1) is 17.7 Å². The first kappa shape index (κ1) is 27.8. The number of ether oxygens (including phenoxy) is 1. The van der Waals surface area contributed by atoms with Crippen molar-refractivity contribution in [1.29, 1.82) is 5.53 Å². The number of hydrogen-bond acceptors (Lipinski definition) is 6. The summed E-state index contributed by atoms with van der Waals surface area (Å²) in [7, 11) is 0. The third-order valence-electron chi connectivity index (χ3n) is 6.61. The molecular weight excluding hydrogens is 490 g/mol. The minimum Gasteiger partial charge on any atom is -0.494 e. The van der Waals surface area contributed by atoms with Crippen LogP contribution in [0, 0.1) is 11.4 Å². The fourth-order valence-corrected chi connectivity index (χ4v) is 4.38. The molecule has 0 aliphatic heterocycles. The number of amides is 1. The zero-order chi connectivity index (χ0) is 27.6. The summed E-state index contributed by atoms with van der Waals surface area (Å²) < 4.78 is 11.9. The van der Waals surface area contributed by atoms with Gasteiger partial charge >= 0.3 is 0 Å². The molecule has 0 bridgehead atoms. The molecule has 0 aliphatic rings. The van der Waals surface area contributed by atoms with Crippen molar-refractivity contribution in [2.24, 2.45) is 11.0 Å². The quantitative estimate of drug-likeness (QED) is 0.136. The molecule has 0 saturated heterocycles. The molecule has 4 aromatic rings. The molecule has 202 valence electrons. The molecule has 1 amide bonds. The zero-order valence-electron chi connectivity index (χ0n) is 22.5. The van der Waals surface area contributed by atoms with Crippen molar-refractivity contribution in [2.45, 2.75) is 52.0 Å². The molecule has 1 unspecified atom stereocenters. The molecule has 2 N–H and O–H groups in total. The van der Waals surface area contributed by atoms with E-state index in [-0.39, 0.29) is 16.9 Å². The summed E-state index contributed by atoms with van der Waals surface area (Å²) in [5, 5.41) is 6.92. The molecule has 7 nitrogen and oxygen atoms in total. The van der Waals surface area contributed by atoms with Gasteiger partial charge in [0.15, 0.2) is 11.0 Å². The van der Waals surface area contributed by atoms with Gasteiger partial charge in [0.2, 0.25) is 0 Å². The fraction of sp³-hybridized carbons (Fsp3) is 0.312. The van der Waals surface area contributed by atoms with Crippen LogP contribution in [-0.4, -0.2) is 12.5 Å². The highest BCUT2D eigenvalue weighted by molar-refractivity contribution is 6.07. The molecule has 0 radical (unpaired) electrons. The lowest BCUT2D eigenvalue weighted by Crippen LogP contribution is -2.13. The number of carbonyl (C=O) groups excluding carboxylic acids is 1. The molecule has 0 aliphatic carbocycles. The van der Waals surface area contributed by atoms with Crippen molar-refractivity contribution >= 4 is 22.6 Å². The van der Waals surface area contributed by atoms with Crippen LogP contribution in [0.2, 0.25) is 0 Å². The number of nitrogens with zero attached hydrogens (tertiary/aromatic N) is 1. The Morgan fingerprint density at radius 1 is 0.974 bits per heavy atom. The summed E-state index contributed by atoms with van der Waals surface area (Å²) in [6.07, 6.45) is 4.46. The molecule has 0 fully saturated rings. The second-order valence-corrected chi connectivity index (χ2v) is 10.1. The van der Waals surface area contributed by atoms with Crippen LogP contribution in [-0.2, 0) is 6.42 Å². The number of benzene rings is 3. The van der Waals surface area contributed by atoms with Gasteiger partial charge in [-0.15, -0.1) is 0 Å². The molecule has 3 aromatic carbocycles. The number of anilines is 1. The predicted molar refractivity (Wildman–Crippen MR) is 154 cm³/mol. The van der Waals surface area contributed by atoms with Crippen LogP contribution in [0.1, 0.15) is 67.3 Å². The summed E-state index contributed by atoms with van der Waals surface area (Å²) in [4.78, 5) is 25.8. The summed E-state index contributed by atoms with van der Waals surface area (Å²) in [6.45, 7) is 4.80. The van der Waals surface area contributed by atoms with E-state index in [1.807, 2.05) is 6.07 Å². The number of rotatable bonds is 13. The number of hydrogen-bond donors (Lipinski definition) is 2. The van der Waals surface area contributed by atoms with E-state index in [9.17, 15) is 9.59 Å². The highest BCUT2D eigenvalue weighted by Crippen LogP contribution is 2.29. The predicted octanol–water partition coefficient (Wildman–Crippen LogP) is 7.96. The molecule has 7 heteroatoms. The molecule has 0 saturated carbocycles. The van der Waals surface area contributed by atoms with E-state index in [0.717, 1.165) is 25.7 Å². The second-order valence-electron chi connectivity index (χ2n) is 10.1. The van der Waals surface area contributed by atoms with Gasteiger partial charge in [-0.1, -0.05) is 50.2 Å². The van der Waals surface area contributed by atoms with Gasteiger partial charge in [0.1, 0.15) is 17.6 Å². The topological polar surface area (TPSA) is 105 Å². The van der Waals surface area contributed by atoms with E-state index in [2.05, 4.69) is 48.5 Å². The number of fused-ring (bicyclic) bond motifs is 1. The zero-order valence-corrected chi connectivity index (χ0v) is 22.5. The molecule has 0 spiro atoms. The highest BCUT2D eigenvalue weighted by atomic mass is 16.5. The van der Waals surface area contributed by atoms with Crippen molar-refractivity contribution in [3.05, 3.63) is 106 Å². The van der Waals surface area contributed by atoms with Gasteiger partial charge in [-0.3, -0.25) is 9.59 Å². The maximum Gasteiger partial charge on any atom is 0.255 e. The first-order valence-corrected chi connectivity index (χ1v) is 13.5. The third kappa shape index (κ3) is 7.63. The Hall–Kier alpha value is -4.26. The lowest BCUT2D eigenvalue weighted by molar-refractivity contribution is 0.102. The summed E-state index contributed by atoms with van der Waals surface area (Å²) in [5.74, 6) is 1.15. The van der Waals surface area contributed by atoms with Gasteiger partial charge in [-0.2, -0.15) is 5.11 Å². The first-order valence-electron chi connectivity index (χ1n) is 13.5. The summed E-state index contributed by atoms with van der Waals surface area (Å²) in [6, 6.07) is 23.3. The van der Waals surface area contributed by atoms with Gasteiger partial charge < -0.3 is 14.5 Å². The first-order chi connectivity index (χ1) is 18.9. The van der Waals surface area contributed by atoms with Crippen LogP contribution in [0.4, 0.5) is 5.69 Å². The normalized spacial score (nSPS) is 11.9. The minimum atomic E-state index is -0.542. The Morgan fingerprint density at radius 2 is 1.74 bits per heavy atom. The standard InChI is InChI=1S/C32H35N3O4/c1-22(2)14-19-27(35-33)30-21-29(36)26-12-8-13-28(31(26)39-30)34-32(37)24-15-17-25(18-16-24)38-20-7-6-11-23-9-4-3-5-10-23/h3-5,8-10,12-13,15-18,21-22,27,33H,6-7,11,14,19-20H2,1-2H3,(H,34,37). The summed E-state index contributed by atoms with van der Waals surface area (Å²) >= 11 is 0. The number of carbonyl (C=O) groups is 1. The van der Waals surface area contributed by atoms with Crippen molar-refractivity contribution in [1.82, 2.24) is 0 Å². The number of unbranched alkanes of at least 4 members (excludes halogenated alkanes) is 1. The second kappa shape index (κ2) is 13.5. The van der Waals surface area contributed by atoms with Gasteiger partial charge in [0, 0.05) is 11.6 Å². The van der Waals surface area contributed by atoms with E-state index in [4.69, 9.17) is 14.7 Å². The van der Waals surface area contributed by atoms with Crippen molar-refractivity contribution in [2.75, 3.05) is 11.9 Å². The number of aryl methyl sites for hydroxylation is 1. The molecule has 39 heavy (non-hydrogen) atoms. The van der Waals surface area contributed by atoms with E-state index in [0.29, 0.717) is 47.1 Å². The Morgan fingerprint density at radius 3 is 2.46 bits per heavy atom. The average Bonchev–Trinajstić information content (AvgIpc) is 2.94. The third-order valence-corrected chi connectivity index (χ3v) is 6.61.